The van der Waals surface area contributed by atoms with Gasteiger partial charge in [-0.05, 0) is 25.1 Å². The van der Waals surface area contributed by atoms with E-state index in [1.54, 1.807) is 0 Å². The molecule has 0 saturated carbocycles. The molecule has 3 aromatic rings. The van der Waals surface area contributed by atoms with Gasteiger partial charge < -0.3 is 8.83 Å². The van der Waals surface area contributed by atoms with Crippen molar-refractivity contribution in [3.63, 3.8) is 0 Å². The number of oxazole rings is 1. The molecule has 0 spiro atoms. The van der Waals surface area contributed by atoms with E-state index in [0.29, 0.717) is 11.1 Å². The van der Waals surface area contributed by atoms with Gasteiger partial charge in [-0.15, -0.1) is 0 Å². The third-order valence-corrected chi connectivity index (χ3v) is 3.19. The highest BCUT2D eigenvalue weighted by Crippen LogP contribution is 2.30. The second kappa shape index (κ2) is 4.04. The van der Waals surface area contributed by atoms with Crippen molar-refractivity contribution in [2.75, 3.05) is 0 Å². The van der Waals surface area contributed by atoms with Gasteiger partial charge in [-0.3, -0.25) is 0 Å². The van der Waals surface area contributed by atoms with Crippen LogP contribution >= 0.6 is 15.9 Å². The number of furan rings is 1. The number of halogens is 1. The quantitative estimate of drug-likeness (QED) is 0.661. The molecule has 0 amide bonds. The monoisotopic (exact) mass is 291 g/mol. The van der Waals surface area contributed by atoms with Crippen molar-refractivity contribution >= 4 is 26.9 Å². The van der Waals surface area contributed by atoms with Gasteiger partial charge in [0.15, 0.2) is 17.9 Å². The molecule has 3 nitrogen and oxygen atoms in total. The molecule has 0 aliphatic rings. The maximum absolute atomic E-state index is 5.76. The lowest BCUT2D eigenvalue weighted by Gasteiger charge is -1.91. The second-order valence-corrected chi connectivity index (χ2v) is 4.47. The van der Waals surface area contributed by atoms with E-state index in [1.165, 1.54) is 12.0 Å². The molecular formula is C13H10BrNO2. The molecule has 1 aromatic carbocycles. The molecule has 0 N–H and O–H groups in total. The van der Waals surface area contributed by atoms with E-state index in [0.717, 1.165) is 22.4 Å². The third kappa shape index (κ3) is 1.78. The number of hydrogen-bond donors (Lipinski definition) is 0. The summed E-state index contributed by atoms with van der Waals surface area (Å²) in [5.41, 5.74) is 2.92. The van der Waals surface area contributed by atoms with Crippen molar-refractivity contribution in [1.82, 2.24) is 4.98 Å². The van der Waals surface area contributed by atoms with Crippen molar-refractivity contribution < 1.29 is 8.83 Å². The summed E-state index contributed by atoms with van der Waals surface area (Å²) in [6, 6.07) is 8.07. The van der Waals surface area contributed by atoms with Crippen LogP contribution in [0.3, 0.4) is 0 Å². The van der Waals surface area contributed by atoms with Gasteiger partial charge in [-0.25, -0.2) is 4.98 Å². The minimum Gasteiger partial charge on any atom is -0.453 e. The number of fused-ring (bicyclic) bond motifs is 1. The van der Waals surface area contributed by atoms with E-state index in [-0.39, 0.29) is 0 Å². The fraction of sp³-hybridized carbons (Fsp3) is 0.154. The first kappa shape index (κ1) is 10.6. The fourth-order valence-electron chi connectivity index (χ4n) is 1.84. The zero-order valence-electron chi connectivity index (χ0n) is 9.24. The van der Waals surface area contributed by atoms with E-state index in [1.807, 2.05) is 18.2 Å². The topological polar surface area (TPSA) is 39.2 Å². The van der Waals surface area contributed by atoms with Gasteiger partial charge in [0.2, 0.25) is 0 Å². The summed E-state index contributed by atoms with van der Waals surface area (Å²) in [7, 11) is 0. The van der Waals surface area contributed by atoms with Gasteiger partial charge in [0.05, 0.1) is 0 Å². The van der Waals surface area contributed by atoms with Crippen LogP contribution in [-0.2, 0) is 5.33 Å². The SMILES string of the molecule is Cc1ccc2oc(-c3ocnc3CBr)cc2c1. The Labute approximate surface area is 107 Å². The molecule has 2 aromatic heterocycles. The van der Waals surface area contributed by atoms with Crippen LogP contribution in [0.1, 0.15) is 11.3 Å². The predicted molar refractivity (Wildman–Crippen MR) is 69.1 cm³/mol. The summed E-state index contributed by atoms with van der Waals surface area (Å²) < 4.78 is 11.1. The number of hydrogen-bond acceptors (Lipinski definition) is 3. The van der Waals surface area contributed by atoms with Gasteiger partial charge in [0.25, 0.3) is 0 Å². The number of benzene rings is 1. The Morgan fingerprint density at radius 1 is 1.29 bits per heavy atom. The molecule has 17 heavy (non-hydrogen) atoms. The Morgan fingerprint density at radius 2 is 2.18 bits per heavy atom. The van der Waals surface area contributed by atoms with Crippen LogP contribution in [0.25, 0.3) is 22.5 Å². The van der Waals surface area contributed by atoms with Gasteiger partial charge in [-0.2, -0.15) is 0 Å². The molecule has 2 heterocycles. The van der Waals surface area contributed by atoms with Crippen molar-refractivity contribution in [2.45, 2.75) is 12.3 Å². The van der Waals surface area contributed by atoms with Crippen LogP contribution in [0.2, 0.25) is 0 Å². The average molecular weight is 292 g/mol. The normalized spacial score (nSPS) is 11.2. The van der Waals surface area contributed by atoms with Gasteiger partial charge in [0, 0.05) is 10.7 Å². The van der Waals surface area contributed by atoms with Gasteiger partial charge in [0.1, 0.15) is 11.3 Å². The molecule has 0 saturated heterocycles. The smallest absolute Gasteiger partial charge is 0.193 e. The van der Waals surface area contributed by atoms with E-state index < -0.39 is 0 Å². The predicted octanol–water partition coefficient (Wildman–Crippen LogP) is 4.29. The number of rotatable bonds is 2. The largest absolute Gasteiger partial charge is 0.453 e. The fourth-order valence-corrected chi connectivity index (χ4v) is 2.24. The van der Waals surface area contributed by atoms with E-state index >= 15 is 0 Å². The van der Waals surface area contributed by atoms with Crippen LogP contribution in [0.15, 0.2) is 39.5 Å². The number of nitrogens with zero attached hydrogens (tertiary/aromatic N) is 1. The maximum Gasteiger partial charge on any atom is 0.193 e. The van der Waals surface area contributed by atoms with E-state index in [2.05, 4.69) is 33.9 Å². The number of aromatic nitrogens is 1. The third-order valence-electron chi connectivity index (χ3n) is 2.66. The molecular weight excluding hydrogens is 282 g/mol. The van der Waals surface area contributed by atoms with Crippen molar-refractivity contribution in [3.05, 3.63) is 41.9 Å². The first-order valence-corrected chi connectivity index (χ1v) is 6.39. The Kier molecular flexibility index (Phi) is 2.52. The van der Waals surface area contributed by atoms with E-state index in [9.17, 15) is 0 Å². The molecule has 0 bridgehead atoms. The molecule has 86 valence electrons. The van der Waals surface area contributed by atoms with Crippen LogP contribution in [0.4, 0.5) is 0 Å². The standard InChI is InChI=1S/C13H10BrNO2/c1-8-2-3-11-9(4-8)5-12(17-11)13-10(6-14)15-7-16-13/h2-5,7H,6H2,1H3. The highest BCUT2D eigenvalue weighted by Gasteiger charge is 2.14. The Hall–Kier alpha value is -1.55. The van der Waals surface area contributed by atoms with Crippen LogP contribution in [0, 0.1) is 6.92 Å². The molecule has 0 aliphatic carbocycles. The summed E-state index contributed by atoms with van der Waals surface area (Å²) >= 11 is 3.38. The average Bonchev–Trinajstić information content (AvgIpc) is 2.93. The molecule has 0 aliphatic heterocycles. The Balaban J connectivity index is 2.18. The Bertz CT molecular complexity index is 669. The molecule has 0 radical (unpaired) electrons. The van der Waals surface area contributed by atoms with Gasteiger partial charge >= 0.3 is 0 Å². The highest BCUT2D eigenvalue weighted by molar-refractivity contribution is 9.08. The lowest BCUT2D eigenvalue weighted by Crippen LogP contribution is -1.79. The zero-order chi connectivity index (χ0) is 11.8. The number of aryl methyl sites for hydroxylation is 1. The summed E-state index contributed by atoms with van der Waals surface area (Å²) in [6.07, 6.45) is 1.43. The molecule has 0 fully saturated rings. The van der Waals surface area contributed by atoms with Crippen LogP contribution in [0.5, 0.6) is 0 Å². The molecule has 4 heteroatoms. The van der Waals surface area contributed by atoms with Crippen LogP contribution < -0.4 is 0 Å². The maximum atomic E-state index is 5.76. The first-order valence-electron chi connectivity index (χ1n) is 5.27. The van der Waals surface area contributed by atoms with Crippen molar-refractivity contribution in [2.24, 2.45) is 0 Å². The van der Waals surface area contributed by atoms with Gasteiger partial charge in [-0.1, -0.05) is 27.6 Å². The van der Waals surface area contributed by atoms with Crippen molar-refractivity contribution in [1.29, 1.82) is 0 Å². The number of alkyl halides is 1. The minimum absolute atomic E-state index is 0.648. The molecule has 3 rings (SSSR count). The summed E-state index contributed by atoms with van der Waals surface area (Å²) in [4.78, 5) is 4.13. The summed E-state index contributed by atoms with van der Waals surface area (Å²) in [6.45, 7) is 2.06. The second-order valence-electron chi connectivity index (χ2n) is 3.91. The van der Waals surface area contributed by atoms with Crippen molar-refractivity contribution in [3.8, 4) is 11.5 Å². The lowest BCUT2D eigenvalue weighted by molar-refractivity contribution is 0.536. The Morgan fingerprint density at radius 3 is 3.00 bits per heavy atom. The summed E-state index contributed by atoms with van der Waals surface area (Å²) in [5.74, 6) is 1.41. The van der Waals surface area contributed by atoms with Crippen LogP contribution in [-0.4, -0.2) is 4.98 Å². The molecule has 0 atom stereocenters. The van der Waals surface area contributed by atoms with E-state index in [4.69, 9.17) is 8.83 Å². The highest BCUT2D eigenvalue weighted by atomic mass is 79.9. The zero-order valence-corrected chi connectivity index (χ0v) is 10.8. The summed E-state index contributed by atoms with van der Waals surface area (Å²) in [5, 5.41) is 1.73. The first-order chi connectivity index (χ1) is 8.28. The molecule has 0 unspecified atom stereocenters. The lowest BCUT2D eigenvalue weighted by atomic mass is 10.2. The minimum atomic E-state index is 0.648.